The van der Waals surface area contributed by atoms with Crippen LogP contribution in [0.5, 0.6) is 0 Å². The summed E-state index contributed by atoms with van der Waals surface area (Å²) >= 11 is 0. The standard InChI is InChI=1S/C23H34N2O5S/c1-18(22(26)24-17-19-10-5-4-6-11-19)30-23(27)20-12-9-13-21(16-20)31(28,29)25-14-7-2-3-8-15-25/h9,12-13,16,18-19H,2-8,10-11,14-15,17H2,1H3,(H,24,26)/t18-/m1/s1. The molecular weight excluding hydrogens is 416 g/mol. The lowest BCUT2D eigenvalue weighted by Crippen LogP contribution is -2.38. The Morgan fingerprint density at radius 3 is 2.39 bits per heavy atom. The number of ether oxygens (including phenoxy) is 1. The fourth-order valence-electron chi connectivity index (χ4n) is 4.28. The number of nitrogens with one attached hydrogen (secondary N) is 1. The van der Waals surface area contributed by atoms with Gasteiger partial charge in [0.2, 0.25) is 10.0 Å². The molecule has 1 aromatic rings. The van der Waals surface area contributed by atoms with Crippen molar-refractivity contribution in [1.29, 1.82) is 0 Å². The first-order chi connectivity index (χ1) is 14.9. The summed E-state index contributed by atoms with van der Waals surface area (Å²) in [7, 11) is -3.66. The first kappa shape index (κ1) is 23.7. The second-order valence-corrected chi connectivity index (χ2v) is 10.6. The first-order valence-corrected chi connectivity index (χ1v) is 12.9. The molecule has 2 fully saturated rings. The second-order valence-electron chi connectivity index (χ2n) is 8.64. The number of amides is 1. The van der Waals surface area contributed by atoms with E-state index in [9.17, 15) is 18.0 Å². The minimum absolute atomic E-state index is 0.0817. The largest absolute Gasteiger partial charge is 0.449 e. The van der Waals surface area contributed by atoms with Gasteiger partial charge in [-0.25, -0.2) is 13.2 Å². The summed E-state index contributed by atoms with van der Waals surface area (Å²) in [5.41, 5.74) is 0.128. The smallest absolute Gasteiger partial charge is 0.338 e. The molecule has 1 saturated carbocycles. The molecule has 0 aromatic heterocycles. The molecule has 8 heteroatoms. The summed E-state index contributed by atoms with van der Waals surface area (Å²) in [5.74, 6) is -0.540. The molecule has 172 valence electrons. The van der Waals surface area contributed by atoms with Gasteiger partial charge in [0.1, 0.15) is 0 Å². The predicted molar refractivity (Wildman–Crippen MR) is 118 cm³/mol. The van der Waals surface area contributed by atoms with Gasteiger partial charge in [-0.15, -0.1) is 0 Å². The molecule has 0 radical (unpaired) electrons. The van der Waals surface area contributed by atoms with Crippen LogP contribution in [0.15, 0.2) is 29.2 Å². The zero-order chi connectivity index (χ0) is 22.3. The van der Waals surface area contributed by atoms with Crippen molar-refractivity contribution >= 4 is 21.9 Å². The van der Waals surface area contributed by atoms with Gasteiger partial charge in [-0.05, 0) is 56.7 Å². The Bertz CT molecular complexity index is 856. The van der Waals surface area contributed by atoms with Gasteiger partial charge in [-0.1, -0.05) is 38.2 Å². The normalized spacial score (nSPS) is 19.9. The van der Waals surface area contributed by atoms with Crippen molar-refractivity contribution in [2.75, 3.05) is 19.6 Å². The Morgan fingerprint density at radius 2 is 1.71 bits per heavy atom. The molecule has 3 rings (SSSR count). The Labute approximate surface area is 185 Å². The number of carbonyl (C=O) groups is 2. The van der Waals surface area contributed by atoms with Crippen LogP contribution >= 0.6 is 0 Å². The van der Waals surface area contributed by atoms with E-state index in [0.717, 1.165) is 38.5 Å². The Kier molecular flexibility index (Phi) is 8.49. The van der Waals surface area contributed by atoms with Crippen LogP contribution in [0.3, 0.4) is 0 Å². The third-order valence-electron chi connectivity index (χ3n) is 6.22. The molecular formula is C23H34N2O5S. The van der Waals surface area contributed by atoms with Crippen LogP contribution in [0.2, 0.25) is 0 Å². The minimum Gasteiger partial charge on any atom is -0.449 e. The summed E-state index contributed by atoms with van der Waals surface area (Å²) < 4.78 is 32.8. The van der Waals surface area contributed by atoms with Crippen molar-refractivity contribution in [2.45, 2.75) is 75.7 Å². The van der Waals surface area contributed by atoms with Crippen LogP contribution in [-0.2, 0) is 19.6 Å². The number of carbonyl (C=O) groups excluding carboxylic acids is 2. The molecule has 0 spiro atoms. The van der Waals surface area contributed by atoms with Crippen LogP contribution in [0.1, 0.15) is 75.1 Å². The SMILES string of the molecule is C[C@@H](OC(=O)c1cccc(S(=O)(=O)N2CCCCCC2)c1)C(=O)NCC1CCCCC1. The van der Waals surface area contributed by atoms with E-state index < -0.39 is 22.1 Å². The second kappa shape index (κ2) is 11.1. The van der Waals surface area contributed by atoms with Crippen molar-refractivity contribution in [3.05, 3.63) is 29.8 Å². The van der Waals surface area contributed by atoms with E-state index in [1.165, 1.54) is 54.8 Å². The number of benzene rings is 1. The number of esters is 1. The topological polar surface area (TPSA) is 92.8 Å². The molecule has 2 aliphatic rings. The fourth-order valence-corrected chi connectivity index (χ4v) is 5.84. The minimum atomic E-state index is -3.66. The van der Waals surface area contributed by atoms with Gasteiger partial charge < -0.3 is 10.1 Å². The summed E-state index contributed by atoms with van der Waals surface area (Å²) in [6.45, 7) is 3.13. The van der Waals surface area contributed by atoms with E-state index in [1.54, 1.807) is 0 Å². The summed E-state index contributed by atoms with van der Waals surface area (Å²) in [4.78, 5) is 25.0. The van der Waals surface area contributed by atoms with E-state index in [1.807, 2.05) is 0 Å². The van der Waals surface area contributed by atoms with E-state index in [-0.39, 0.29) is 16.4 Å². The molecule has 1 amide bonds. The highest BCUT2D eigenvalue weighted by Crippen LogP contribution is 2.23. The molecule has 0 bridgehead atoms. The molecule has 31 heavy (non-hydrogen) atoms. The lowest BCUT2D eigenvalue weighted by Gasteiger charge is -2.22. The maximum Gasteiger partial charge on any atom is 0.338 e. The summed E-state index contributed by atoms with van der Waals surface area (Å²) in [6.07, 6.45) is 8.68. The van der Waals surface area contributed by atoms with Crippen molar-refractivity contribution < 1.29 is 22.7 Å². The number of rotatable bonds is 7. The van der Waals surface area contributed by atoms with Crippen molar-refractivity contribution in [3.63, 3.8) is 0 Å². The fraction of sp³-hybridized carbons (Fsp3) is 0.652. The molecule has 1 heterocycles. The van der Waals surface area contributed by atoms with Gasteiger partial charge in [-0.3, -0.25) is 4.79 Å². The van der Waals surface area contributed by atoms with Crippen LogP contribution in [0.4, 0.5) is 0 Å². The van der Waals surface area contributed by atoms with Crippen molar-refractivity contribution in [2.24, 2.45) is 5.92 Å². The number of hydrogen-bond acceptors (Lipinski definition) is 5. The van der Waals surface area contributed by atoms with Gasteiger partial charge >= 0.3 is 5.97 Å². The van der Waals surface area contributed by atoms with Crippen LogP contribution in [0, 0.1) is 5.92 Å². The monoisotopic (exact) mass is 450 g/mol. The molecule has 1 atom stereocenters. The van der Waals surface area contributed by atoms with Crippen molar-refractivity contribution in [3.8, 4) is 0 Å². The number of nitrogens with zero attached hydrogens (tertiary/aromatic N) is 1. The maximum absolute atomic E-state index is 13.0. The highest BCUT2D eigenvalue weighted by molar-refractivity contribution is 7.89. The van der Waals surface area contributed by atoms with Gasteiger partial charge in [0.25, 0.3) is 5.91 Å². The van der Waals surface area contributed by atoms with Crippen LogP contribution < -0.4 is 5.32 Å². The number of sulfonamides is 1. The van der Waals surface area contributed by atoms with Crippen LogP contribution in [-0.4, -0.2) is 50.3 Å². The van der Waals surface area contributed by atoms with E-state index in [4.69, 9.17) is 4.74 Å². The first-order valence-electron chi connectivity index (χ1n) is 11.5. The zero-order valence-electron chi connectivity index (χ0n) is 18.3. The van der Waals surface area contributed by atoms with E-state index in [2.05, 4.69) is 5.32 Å². The summed E-state index contributed by atoms with van der Waals surface area (Å²) in [6, 6.07) is 5.89. The van der Waals surface area contributed by atoms with Gasteiger partial charge in [0.15, 0.2) is 6.10 Å². The third kappa shape index (κ3) is 6.53. The van der Waals surface area contributed by atoms with E-state index in [0.29, 0.717) is 25.6 Å². The number of hydrogen-bond donors (Lipinski definition) is 1. The molecule has 1 N–H and O–H groups in total. The highest BCUT2D eigenvalue weighted by atomic mass is 32.2. The molecule has 0 unspecified atom stereocenters. The molecule has 1 aromatic carbocycles. The maximum atomic E-state index is 13.0. The lowest BCUT2D eigenvalue weighted by atomic mass is 9.89. The Morgan fingerprint density at radius 1 is 1.06 bits per heavy atom. The predicted octanol–water partition coefficient (Wildman–Crippen LogP) is 3.49. The van der Waals surface area contributed by atoms with Gasteiger partial charge in [-0.2, -0.15) is 4.31 Å². The van der Waals surface area contributed by atoms with Gasteiger partial charge in [0, 0.05) is 19.6 Å². The summed E-state index contributed by atoms with van der Waals surface area (Å²) in [5, 5.41) is 2.87. The lowest BCUT2D eigenvalue weighted by molar-refractivity contribution is -0.129. The van der Waals surface area contributed by atoms with Crippen molar-refractivity contribution in [1.82, 2.24) is 9.62 Å². The van der Waals surface area contributed by atoms with E-state index >= 15 is 0 Å². The highest BCUT2D eigenvalue weighted by Gasteiger charge is 2.27. The van der Waals surface area contributed by atoms with Gasteiger partial charge in [0.05, 0.1) is 10.5 Å². The van der Waals surface area contributed by atoms with Crippen LogP contribution in [0.25, 0.3) is 0 Å². The molecule has 1 aliphatic heterocycles. The zero-order valence-corrected chi connectivity index (χ0v) is 19.2. The molecule has 1 aliphatic carbocycles. The molecule has 7 nitrogen and oxygen atoms in total. The third-order valence-corrected chi connectivity index (χ3v) is 8.11. The Hall–Kier alpha value is -1.93. The quantitative estimate of drug-likeness (QED) is 0.642. The average molecular weight is 451 g/mol. The Balaban J connectivity index is 1.59. The average Bonchev–Trinajstić information content (AvgIpc) is 3.08. The molecule has 1 saturated heterocycles.